The summed E-state index contributed by atoms with van der Waals surface area (Å²) < 4.78 is 18.4. The van der Waals surface area contributed by atoms with Crippen LogP contribution in [0.3, 0.4) is 0 Å². The highest BCUT2D eigenvalue weighted by molar-refractivity contribution is 6.06. The Labute approximate surface area is 126 Å². The van der Waals surface area contributed by atoms with Gasteiger partial charge in [0.2, 0.25) is 5.91 Å². The van der Waals surface area contributed by atoms with E-state index in [1.807, 2.05) is 0 Å². The first-order chi connectivity index (χ1) is 10.4. The van der Waals surface area contributed by atoms with Crippen molar-refractivity contribution in [3.63, 3.8) is 0 Å². The van der Waals surface area contributed by atoms with Gasteiger partial charge in [-0.2, -0.15) is 0 Å². The lowest BCUT2D eigenvalue weighted by Gasteiger charge is -2.11. The van der Waals surface area contributed by atoms with Crippen molar-refractivity contribution in [2.45, 2.75) is 6.92 Å². The molecule has 0 radical (unpaired) electrons. The van der Waals surface area contributed by atoms with Crippen molar-refractivity contribution < 1.29 is 18.7 Å². The summed E-state index contributed by atoms with van der Waals surface area (Å²) in [6, 6.07) is 8.72. The number of nitrogens with one attached hydrogen (secondary N) is 1. The molecule has 3 N–H and O–H groups in total. The fourth-order valence-corrected chi connectivity index (χ4v) is 2.04. The van der Waals surface area contributed by atoms with Crippen molar-refractivity contribution in [3.8, 4) is 5.75 Å². The Morgan fingerprint density at radius 2 is 1.95 bits per heavy atom. The second-order valence-corrected chi connectivity index (χ2v) is 4.65. The van der Waals surface area contributed by atoms with Crippen molar-refractivity contribution in [1.82, 2.24) is 0 Å². The number of hydrogen-bond acceptors (Lipinski definition) is 3. The fourth-order valence-electron chi connectivity index (χ4n) is 2.04. The molecular formula is C16H15FN2O3. The van der Waals surface area contributed by atoms with Gasteiger partial charge in [-0.3, -0.25) is 9.59 Å². The maximum Gasteiger partial charge on any atom is 0.255 e. The Hall–Kier alpha value is -2.89. The van der Waals surface area contributed by atoms with E-state index in [0.717, 1.165) is 6.07 Å². The molecule has 22 heavy (non-hydrogen) atoms. The van der Waals surface area contributed by atoms with Gasteiger partial charge < -0.3 is 15.8 Å². The van der Waals surface area contributed by atoms with Crippen LogP contribution in [0.5, 0.6) is 5.75 Å². The Kier molecular flexibility index (Phi) is 4.41. The van der Waals surface area contributed by atoms with E-state index in [2.05, 4.69) is 5.32 Å². The third kappa shape index (κ3) is 3.06. The van der Waals surface area contributed by atoms with Crippen LogP contribution in [0.25, 0.3) is 0 Å². The zero-order chi connectivity index (χ0) is 16.3. The van der Waals surface area contributed by atoms with Crippen molar-refractivity contribution in [1.29, 1.82) is 0 Å². The van der Waals surface area contributed by atoms with E-state index in [9.17, 15) is 14.0 Å². The standard InChI is InChI=1S/C16H15FN2O3/c1-9-11(15(18)20)4-3-5-13(9)19-16(21)10-6-7-14(22-2)12(17)8-10/h3-8H,1-2H3,(H2,18,20)(H,19,21). The van der Waals surface area contributed by atoms with Crippen molar-refractivity contribution in [2.75, 3.05) is 12.4 Å². The van der Waals surface area contributed by atoms with Gasteiger partial charge in [-0.1, -0.05) is 6.07 Å². The minimum absolute atomic E-state index is 0.0588. The highest BCUT2D eigenvalue weighted by Crippen LogP contribution is 2.21. The molecule has 0 aliphatic carbocycles. The Morgan fingerprint density at radius 3 is 2.55 bits per heavy atom. The number of anilines is 1. The van der Waals surface area contributed by atoms with Crippen LogP contribution < -0.4 is 15.8 Å². The molecule has 2 aromatic carbocycles. The smallest absolute Gasteiger partial charge is 0.255 e. The van der Waals surface area contributed by atoms with Crippen LogP contribution in [0, 0.1) is 12.7 Å². The predicted molar refractivity (Wildman–Crippen MR) is 80.6 cm³/mol. The number of carbonyl (C=O) groups excluding carboxylic acids is 2. The van der Waals surface area contributed by atoms with E-state index in [0.29, 0.717) is 16.8 Å². The van der Waals surface area contributed by atoms with Gasteiger partial charge >= 0.3 is 0 Å². The Balaban J connectivity index is 2.28. The van der Waals surface area contributed by atoms with Gasteiger partial charge in [-0.05, 0) is 42.8 Å². The second kappa shape index (κ2) is 6.26. The first-order valence-corrected chi connectivity index (χ1v) is 6.48. The van der Waals surface area contributed by atoms with Crippen LogP contribution in [0.15, 0.2) is 36.4 Å². The topological polar surface area (TPSA) is 81.4 Å². The van der Waals surface area contributed by atoms with Crippen LogP contribution in [0.4, 0.5) is 10.1 Å². The molecule has 5 nitrogen and oxygen atoms in total. The molecule has 0 heterocycles. The number of amides is 2. The molecule has 2 rings (SSSR count). The first-order valence-electron chi connectivity index (χ1n) is 6.48. The molecule has 0 aromatic heterocycles. The average Bonchev–Trinajstić information content (AvgIpc) is 2.48. The van der Waals surface area contributed by atoms with Crippen LogP contribution >= 0.6 is 0 Å². The highest BCUT2D eigenvalue weighted by atomic mass is 19.1. The number of rotatable bonds is 4. The number of nitrogens with two attached hydrogens (primary N) is 1. The maximum absolute atomic E-state index is 13.6. The van der Waals surface area contributed by atoms with Gasteiger partial charge in [0.05, 0.1) is 7.11 Å². The van der Waals surface area contributed by atoms with Crippen LogP contribution in [-0.4, -0.2) is 18.9 Å². The molecule has 0 saturated carbocycles. The Morgan fingerprint density at radius 1 is 1.23 bits per heavy atom. The average molecular weight is 302 g/mol. The summed E-state index contributed by atoms with van der Waals surface area (Å²) in [6.45, 7) is 1.67. The van der Waals surface area contributed by atoms with Gasteiger partial charge in [-0.15, -0.1) is 0 Å². The third-order valence-electron chi connectivity index (χ3n) is 3.26. The normalized spacial score (nSPS) is 10.1. The SMILES string of the molecule is COc1ccc(C(=O)Nc2cccc(C(N)=O)c2C)cc1F. The molecule has 6 heteroatoms. The van der Waals surface area contributed by atoms with Gasteiger partial charge in [0.1, 0.15) is 0 Å². The summed E-state index contributed by atoms with van der Waals surface area (Å²) in [6.07, 6.45) is 0. The van der Waals surface area contributed by atoms with E-state index in [1.54, 1.807) is 25.1 Å². The number of primary amides is 1. The summed E-state index contributed by atoms with van der Waals surface area (Å²) in [7, 11) is 1.34. The van der Waals surface area contributed by atoms with Gasteiger partial charge in [0.25, 0.3) is 5.91 Å². The number of carbonyl (C=O) groups is 2. The third-order valence-corrected chi connectivity index (χ3v) is 3.26. The highest BCUT2D eigenvalue weighted by Gasteiger charge is 2.13. The van der Waals surface area contributed by atoms with Crippen LogP contribution in [0.2, 0.25) is 0 Å². The van der Waals surface area contributed by atoms with Gasteiger partial charge in [-0.25, -0.2) is 4.39 Å². The molecule has 0 spiro atoms. The minimum atomic E-state index is -0.627. The van der Waals surface area contributed by atoms with E-state index in [-0.39, 0.29) is 11.3 Å². The molecule has 2 aromatic rings. The molecule has 114 valence electrons. The maximum atomic E-state index is 13.6. The van der Waals surface area contributed by atoms with Gasteiger partial charge in [0, 0.05) is 16.8 Å². The molecule has 0 bridgehead atoms. The molecule has 0 aliphatic rings. The zero-order valence-corrected chi connectivity index (χ0v) is 12.1. The van der Waals surface area contributed by atoms with E-state index in [4.69, 9.17) is 10.5 Å². The predicted octanol–water partition coefficient (Wildman–Crippen LogP) is 2.49. The van der Waals surface area contributed by atoms with Crippen molar-refractivity contribution >= 4 is 17.5 Å². The molecule has 0 saturated heterocycles. The van der Waals surface area contributed by atoms with Crippen LogP contribution in [-0.2, 0) is 0 Å². The minimum Gasteiger partial charge on any atom is -0.494 e. The second-order valence-electron chi connectivity index (χ2n) is 4.65. The zero-order valence-electron chi connectivity index (χ0n) is 12.1. The number of hydrogen-bond donors (Lipinski definition) is 2. The number of halogens is 1. The van der Waals surface area contributed by atoms with E-state index >= 15 is 0 Å². The largest absolute Gasteiger partial charge is 0.494 e. The van der Waals surface area contributed by atoms with E-state index < -0.39 is 17.6 Å². The Bertz CT molecular complexity index is 744. The monoisotopic (exact) mass is 302 g/mol. The number of benzene rings is 2. The number of ether oxygens (including phenoxy) is 1. The summed E-state index contributed by atoms with van der Waals surface area (Å²) in [5.41, 5.74) is 6.72. The summed E-state index contributed by atoms with van der Waals surface area (Å²) in [5, 5.41) is 2.63. The lowest BCUT2D eigenvalue weighted by atomic mass is 10.1. The van der Waals surface area contributed by atoms with Crippen molar-refractivity contribution in [2.24, 2.45) is 5.73 Å². The molecule has 0 atom stereocenters. The molecule has 0 aliphatic heterocycles. The number of methoxy groups -OCH3 is 1. The quantitative estimate of drug-likeness (QED) is 0.910. The lowest BCUT2D eigenvalue weighted by Crippen LogP contribution is -2.17. The summed E-state index contributed by atoms with van der Waals surface area (Å²) >= 11 is 0. The fraction of sp³-hybridized carbons (Fsp3) is 0.125. The van der Waals surface area contributed by atoms with E-state index in [1.165, 1.54) is 19.2 Å². The summed E-state index contributed by atoms with van der Waals surface area (Å²) in [5.74, 6) is -1.64. The lowest BCUT2D eigenvalue weighted by molar-refractivity contribution is 0.0995. The van der Waals surface area contributed by atoms with Crippen LogP contribution in [0.1, 0.15) is 26.3 Å². The van der Waals surface area contributed by atoms with Gasteiger partial charge in [0.15, 0.2) is 11.6 Å². The summed E-state index contributed by atoms with van der Waals surface area (Å²) in [4.78, 5) is 23.5. The first kappa shape index (κ1) is 15.5. The molecule has 0 fully saturated rings. The molecule has 2 amide bonds. The molecular weight excluding hydrogens is 287 g/mol. The van der Waals surface area contributed by atoms with Crippen molar-refractivity contribution in [3.05, 3.63) is 58.9 Å². The molecule has 0 unspecified atom stereocenters.